The van der Waals surface area contributed by atoms with Crippen molar-refractivity contribution < 1.29 is 23.5 Å². The molecule has 0 aliphatic carbocycles. The standard InChI is InChI=1S/C18H16FNO4/c1-23-13-5-3-11(4-6-13)9-20-10-12-7-15(18(22)24-2)16(19)8-14(12)17(20)21/h3-8H,9-10H2,1-2H3. The third-order valence-electron chi connectivity index (χ3n) is 4.01. The lowest BCUT2D eigenvalue weighted by molar-refractivity contribution is 0.0595. The summed E-state index contributed by atoms with van der Waals surface area (Å²) in [7, 11) is 2.78. The lowest BCUT2D eigenvalue weighted by Crippen LogP contribution is -2.23. The predicted octanol–water partition coefficient (Wildman–Crippen LogP) is 2.78. The number of fused-ring (bicyclic) bond motifs is 1. The molecule has 1 amide bonds. The number of esters is 1. The van der Waals surface area contributed by atoms with E-state index in [1.54, 1.807) is 12.0 Å². The Balaban J connectivity index is 1.83. The Morgan fingerprint density at radius 2 is 1.92 bits per heavy atom. The van der Waals surface area contributed by atoms with E-state index in [0.717, 1.165) is 17.4 Å². The van der Waals surface area contributed by atoms with E-state index < -0.39 is 11.8 Å². The molecule has 5 nitrogen and oxygen atoms in total. The molecule has 0 spiro atoms. The van der Waals surface area contributed by atoms with E-state index in [1.807, 2.05) is 24.3 Å². The molecule has 0 aromatic heterocycles. The Kier molecular flexibility index (Phi) is 4.20. The summed E-state index contributed by atoms with van der Waals surface area (Å²) in [6, 6.07) is 9.88. The van der Waals surface area contributed by atoms with Gasteiger partial charge in [-0.15, -0.1) is 0 Å². The van der Waals surface area contributed by atoms with Crippen LogP contribution in [0.5, 0.6) is 5.75 Å². The van der Waals surface area contributed by atoms with Crippen LogP contribution in [0.25, 0.3) is 0 Å². The number of halogens is 1. The van der Waals surface area contributed by atoms with Gasteiger partial charge in [0, 0.05) is 18.7 Å². The molecule has 1 heterocycles. The molecule has 1 aliphatic rings. The van der Waals surface area contributed by atoms with Crippen molar-refractivity contribution in [2.24, 2.45) is 0 Å². The summed E-state index contributed by atoms with van der Waals surface area (Å²) < 4.78 is 23.7. The Morgan fingerprint density at radius 3 is 2.54 bits per heavy atom. The van der Waals surface area contributed by atoms with Crippen LogP contribution in [-0.2, 0) is 17.8 Å². The Bertz CT molecular complexity index is 801. The van der Waals surface area contributed by atoms with Gasteiger partial charge in [0.25, 0.3) is 5.91 Å². The maximum absolute atomic E-state index is 14.0. The third kappa shape index (κ3) is 2.82. The van der Waals surface area contributed by atoms with Gasteiger partial charge < -0.3 is 14.4 Å². The maximum atomic E-state index is 14.0. The summed E-state index contributed by atoms with van der Waals surface area (Å²) in [5, 5.41) is 0. The minimum Gasteiger partial charge on any atom is -0.497 e. The topological polar surface area (TPSA) is 55.8 Å². The summed E-state index contributed by atoms with van der Waals surface area (Å²) >= 11 is 0. The summed E-state index contributed by atoms with van der Waals surface area (Å²) in [6.07, 6.45) is 0. The molecule has 24 heavy (non-hydrogen) atoms. The smallest absolute Gasteiger partial charge is 0.340 e. The highest BCUT2D eigenvalue weighted by Gasteiger charge is 2.30. The van der Waals surface area contributed by atoms with Crippen molar-refractivity contribution >= 4 is 11.9 Å². The molecule has 0 atom stereocenters. The zero-order chi connectivity index (χ0) is 17.3. The van der Waals surface area contributed by atoms with Crippen molar-refractivity contribution in [2.75, 3.05) is 14.2 Å². The van der Waals surface area contributed by atoms with Crippen LogP contribution in [0.4, 0.5) is 4.39 Å². The second kappa shape index (κ2) is 6.31. The van der Waals surface area contributed by atoms with E-state index >= 15 is 0 Å². The number of carbonyl (C=O) groups is 2. The number of benzene rings is 2. The van der Waals surface area contributed by atoms with Crippen LogP contribution in [0.2, 0.25) is 0 Å². The number of ether oxygens (including phenoxy) is 2. The number of carbonyl (C=O) groups excluding carboxylic acids is 2. The largest absolute Gasteiger partial charge is 0.497 e. The van der Waals surface area contributed by atoms with Crippen LogP contribution in [0.1, 0.15) is 31.8 Å². The number of hydrogen-bond acceptors (Lipinski definition) is 4. The third-order valence-corrected chi connectivity index (χ3v) is 4.01. The van der Waals surface area contributed by atoms with Crippen molar-refractivity contribution in [3.05, 3.63) is 64.5 Å². The molecule has 0 saturated heterocycles. The molecule has 2 aromatic rings. The molecule has 0 saturated carbocycles. The maximum Gasteiger partial charge on any atom is 0.340 e. The van der Waals surface area contributed by atoms with Crippen molar-refractivity contribution in [2.45, 2.75) is 13.1 Å². The van der Waals surface area contributed by atoms with Gasteiger partial charge in [-0.1, -0.05) is 12.1 Å². The summed E-state index contributed by atoms with van der Waals surface area (Å²) in [5.41, 5.74) is 1.69. The second-order valence-electron chi connectivity index (χ2n) is 5.49. The van der Waals surface area contributed by atoms with Crippen LogP contribution in [0, 0.1) is 5.82 Å². The van der Waals surface area contributed by atoms with Gasteiger partial charge >= 0.3 is 5.97 Å². The van der Waals surface area contributed by atoms with E-state index in [0.29, 0.717) is 18.7 Å². The SMILES string of the molecule is COC(=O)c1cc2c(cc1F)C(=O)N(Cc1ccc(OC)cc1)C2. The van der Waals surface area contributed by atoms with Crippen LogP contribution in [0.15, 0.2) is 36.4 Å². The van der Waals surface area contributed by atoms with Gasteiger partial charge in [-0.3, -0.25) is 4.79 Å². The fraction of sp³-hybridized carbons (Fsp3) is 0.222. The van der Waals surface area contributed by atoms with E-state index in [-0.39, 0.29) is 17.0 Å². The molecule has 0 N–H and O–H groups in total. The van der Waals surface area contributed by atoms with Crippen LogP contribution in [0.3, 0.4) is 0 Å². The van der Waals surface area contributed by atoms with E-state index in [9.17, 15) is 14.0 Å². The number of methoxy groups -OCH3 is 2. The van der Waals surface area contributed by atoms with Crippen LogP contribution in [-0.4, -0.2) is 31.0 Å². The van der Waals surface area contributed by atoms with Crippen molar-refractivity contribution in [3.63, 3.8) is 0 Å². The van der Waals surface area contributed by atoms with E-state index in [2.05, 4.69) is 4.74 Å². The molecule has 6 heteroatoms. The van der Waals surface area contributed by atoms with Gasteiger partial charge in [-0.2, -0.15) is 0 Å². The summed E-state index contributed by atoms with van der Waals surface area (Å²) in [5.74, 6) is -1.02. The fourth-order valence-electron chi connectivity index (χ4n) is 2.74. The summed E-state index contributed by atoms with van der Waals surface area (Å²) in [6.45, 7) is 0.719. The minimum atomic E-state index is -0.753. The normalized spacial score (nSPS) is 13.0. The highest BCUT2D eigenvalue weighted by atomic mass is 19.1. The quantitative estimate of drug-likeness (QED) is 0.810. The summed E-state index contributed by atoms with van der Waals surface area (Å²) in [4.78, 5) is 25.6. The molecule has 1 aliphatic heterocycles. The Labute approximate surface area is 138 Å². The van der Waals surface area contributed by atoms with Gasteiger partial charge in [0.15, 0.2) is 0 Å². The van der Waals surface area contributed by atoms with Crippen LogP contribution < -0.4 is 4.74 Å². The highest BCUT2D eigenvalue weighted by Crippen LogP contribution is 2.27. The molecule has 124 valence electrons. The van der Waals surface area contributed by atoms with E-state index in [4.69, 9.17) is 4.74 Å². The first-order valence-electron chi connectivity index (χ1n) is 7.36. The average molecular weight is 329 g/mol. The first kappa shape index (κ1) is 16.0. The van der Waals surface area contributed by atoms with Gasteiger partial charge in [-0.05, 0) is 35.4 Å². The van der Waals surface area contributed by atoms with Gasteiger partial charge in [-0.25, -0.2) is 9.18 Å². The highest BCUT2D eigenvalue weighted by molar-refractivity contribution is 6.00. The lowest BCUT2D eigenvalue weighted by atomic mass is 10.1. The monoisotopic (exact) mass is 329 g/mol. The zero-order valence-electron chi connectivity index (χ0n) is 13.3. The molecular weight excluding hydrogens is 313 g/mol. The number of rotatable bonds is 4. The first-order valence-corrected chi connectivity index (χ1v) is 7.36. The molecule has 0 bridgehead atoms. The fourth-order valence-corrected chi connectivity index (χ4v) is 2.74. The molecule has 2 aromatic carbocycles. The van der Waals surface area contributed by atoms with Crippen molar-refractivity contribution in [1.82, 2.24) is 4.90 Å². The minimum absolute atomic E-state index is 0.157. The molecular formula is C18H16FNO4. The molecule has 0 unspecified atom stereocenters. The molecule has 0 fully saturated rings. The Hall–Kier alpha value is -2.89. The van der Waals surface area contributed by atoms with Crippen molar-refractivity contribution in [3.8, 4) is 5.75 Å². The van der Waals surface area contributed by atoms with Gasteiger partial charge in [0.05, 0.1) is 19.8 Å². The number of amides is 1. The van der Waals surface area contributed by atoms with Gasteiger partial charge in [0.2, 0.25) is 0 Å². The molecule has 0 radical (unpaired) electrons. The van der Waals surface area contributed by atoms with Gasteiger partial charge in [0.1, 0.15) is 11.6 Å². The predicted molar refractivity (Wildman–Crippen MR) is 84.3 cm³/mol. The van der Waals surface area contributed by atoms with E-state index in [1.165, 1.54) is 13.2 Å². The molecule has 3 rings (SSSR count). The second-order valence-corrected chi connectivity index (χ2v) is 5.49. The van der Waals surface area contributed by atoms with Crippen LogP contribution >= 0.6 is 0 Å². The Morgan fingerprint density at radius 1 is 1.21 bits per heavy atom. The first-order chi connectivity index (χ1) is 11.5. The lowest BCUT2D eigenvalue weighted by Gasteiger charge is -2.15. The zero-order valence-corrected chi connectivity index (χ0v) is 13.3. The van der Waals surface area contributed by atoms with Crippen molar-refractivity contribution in [1.29, 1.82) is 0 Å². The number of hydrogen-bond donors (Lipinski definition) is 0. The number of nitrogens with zero attached hydrogens (tertiary/aromatic N) is 1. The average Bonchev–Trinajstić information content (AvgIpc) is 2.89.